The van der Waals surface area contributed by atoms with E-state index in [1.54, 1.807) is 0 Å². The number of carbonyl (C=O) groups excluding carboxylic acids is 1. The molecule has 94 valence electrons. The summed E-state index contributed by atoms with van der Waals surface area (Å²) in [4.78, 5) is 11.6. The first-order valence-electron chi connectivity index (χ1n) is 5.95. The van der Waals surface area contributed by atoms with Crippen LogP contribution in [0.1, 0.15) is 20.8 Å². The second-order valence-corrected chi connectivity index (χ2v) is 3.69. The van der Waals surface area contributed by atoms with Crippen LogP contribution < -0.4 is 15.4 Å². The minimum absolute atomic E-state index is 0.0150. The van der Waals surface area contributed by atoms with Crippen molar-refractivity contribution >= 4 is 11.6 Å². The van der Waals surface area contributed by atoms with Crippen LogP contribution in [0.3, 0.4) is 0 Å². The predicted octanol–water partition coefficient (Wildman–Crippen LogP) is 2.02. The normalized spacial score (nSPS) is 11.7. The zero-order valence-electron chi connectivity index (χ0n) is 10.6. The Hall–Kier alpha value is -1.71. The van der Waals surface area contributed by atoms with Crippen LogP contribution in [0, 0.1) is 0 Å². The highest BCUT2D eigenvalue weighted by Gasteiger charge is 2.13. The van der Waals surface area contributed by atoms with E-state index in [2.05, 4.69) is 10.6 Å². The van der Waals surface area contributed by atoms with E-state index in [1.165, 1.54) is 0 Å². The molecule has 1 atom stereocenters. The van der Waals surface area contributed by atoms with Gasteiger partial charge in [0.2, 0.25) is 5.91 Å². The lowest BCUT2D eigenvalue weighted by Crippen LogP contribution is -2.37. The van der Waals surface area contributed by atoms with E-state index in [-0.39, 0.29) is 11.9 Å². The number of ether oxygens (including phenoxy) is 1. The second kappa shape index (κ2) is 6.78. The van der Waals surface area contributed by atoms with Crippen LogP contribution in [0.4, 0.5) is 5.69 Å². The standard InChI is InChI=1S/C13H20N2O2/c1-4-14-13(16)10(3)15-11-8-6-7-9-12(11)17-5-2/h6-10,15H,4-5H2,1-3H3,(H,14,16). The molecule has 1 amide bonds. The fraction of sp³-hybridized carbons (Fsp3) is 0.462. The molecule has 0 saturated carbocycles. The number of amides is 1. The molecule has 4 nitrogen and oxygen atoms in total. The van der Waals surface area contributed by atoms with Gasteiger partial charge in [-0.1, -0.05) is 12.1 Å². The maximum absolute atomic E-state index is 11.6. The van der Waals surface area contributed by atoms with E-state index in [9.17, 15) is 4.79 Å². The average molecular weight is 236 g/mol. The van der Waals surface area contributed by atoms with Crippen LogP contribution in [0.2, 0.25) is 0 Å². The van der Waals surface area contributed by atoms with Crippen LogP contribution >= 0.6 is 0 Å². The van der Waals surface area contributed by atoms with Gasteiger partial charge in [-0.15, -0.1) is 0 Å². The van der Waals surface area contributed by atoms with Crippen molar-refractivity contribution in [2.45, 2.75) is 26.8 Å². The minimum Gasteiger partial charge on any atom is -0.492 e. The van der Waals surface area contributed by atoms with Gasteiger partial charge in [-0.25, -0.2) is 0 Å². The molecule has 0 aliphatic carbocycles. The van der Waals surface area contributed by atoms with Crippen molar-refractivity contribution in [2.75, 3.05) is 18.5 Å². The summed E-state index contributed by atoms with van der Waals surface area (Å²) in [6.45, 7) is 6.91. The largest absolute Gasteiger partial charge is 0.492 e. The Kier molecular flexibility index (Phi) is 5.33. The first-order valence-corrected chi connectivity index (χ1v) is 5.95. The summed E-state index contributed by atoms with van der Waals surface area (Å²) < 4.78 is 5.48. The first-order chi connectivity index (χ1) is 8.19. The van der Waals surface area contributed by atoms with E-state index < -0.39 is 0 Å². The molecule has 1 rings (SSSR count). The smallest absolute Gasteiger partial charge is 0.242 e. The van der Waals surface area contributed by atoms with Crippen LogP contribution in [0.5, 0.6) is 5.75 Å². The highest BCUT2D eigenvalue weighted by Crippen LogP contribution is 2.24. The van der Waals surface area contributed by atoms with Gasteiger partial charge in [0.25, 0.3) is 0 Å². The Morgan fingerprint density at radius 2 is 2.06 bits per heavy atom. The lowest BCUT2D eigenvalue weighted by molar-refractivity contribution is -0.121. The number of likely N-dealkylation sites (N-methyl/N-ethyl adjacent to an activating group) is 1. The van der Waals surface area contributed by atoms with Crippen LogP contribution in [0.15, 0.2) is 24.3 Å². The maximum atomic E-state index is 11.6. The van der Waals surface area contributed by atoms with E-state index >= 15 is 0 Å². The van der Waals surface area contributed by atoms with Gasteiger partial charge in [-0.2, -0.15) is 0 Å². The third-order valence-electron chi connectivity index (χ3n) is 2.30. The Labute approximate surface area is 102 Å². The van der Waals surface area contributed by atoms with Crippen molar-refractivity contribution < 1.29 is 9.53 Å². The number of anilines is 1. The number of carbonyl (C=O) groups is 1. The Bertz CT molecular complexity index is 366. The SMILES string of the molecule is CCNC(=O)C(C)Nc1ccccc1OCC. The summed E-state index contributed by atoms with van der Waals surface area (Å²) in [5.74, 6) is 0.755. The van der Waals surface area contributed by atoms with Crippen molar-refractivity contribution in [3.05, 3.63) is 24.3 Å². The number of hydrogen-bond donors (Lipinski definition) is 2. The highest BCUT2D eigenvalue weighted by atomic mass is 16.5. The van der Waals surface area contributed by atoms with E-state index in [1.807, 2.05) is 45.0 Å². The van der Waals surface area contributed by atoms with E-state index in [4.69, 9.17) is 4.74 Å². The zero-order valence-corrected chi connectivity index (χ0v) is 10.6. The van der Waals surface area contributed by atoms with Crippen LogP contribution in [-0.2, 0) is 4.79 Å². The lowest BCUT2D eigenvalue weighted by atomic mass is 10.2. The number of nitrogens with one attached hydrogen (secondary N) is 2. The second-order valence-electron chi connectivity index (χ2n) is 3.69. The molecule has 2 N–H and O–H groups in total. The number of rotatable bonds is 6. The molecule has 1 aromatic carbocycles. The molecule has 17 heavy (non-hydrogen) atoms. The quantitative estimate of drug-likeness (QED) is 0.794. The summed E-state index contributed by atoms with van der Waals surface area (Å²) in [7, 11) is 0. The molecular weight excluding hydrogens is 216 g/mol. The predicted molar refractivity (Wildman–Crippen MR) is 69.4 cm³/mol. The molecule has 1 aromatic rings. The summed E-state index contributed by atoms with van der Waals surface area (Å²) >= 11 is 0. The van der Waals surface area contributed by atoms with Crippen LogP contribution in [0.25, 0.3) is 0 Å². The molecule has 0 radical (unpaired) electrons. The minimum atomic E-state index is -0.281. The van der Waals surface area contributed by atoms with E-state index in [0.717, 1.165) is 11.4 Å². The molecule has 0 aliphatic rings. The summed E-state index contributed by atoms with van der Waals surface area (Å²) in [5.41, 5.74) is 0.841. The van der Waals surface area contributed by atoms with Gasteiger partial charge in [0.15, 0.2) is 0 Å². The van der Waals surface area contributed by atoms with Crippen molar-refractivity contribution in [1.82, 2.24) is 5.32 Å². The Morgan fingerprint density at radius 1 is 1.35 bits per heavy atom. The summed E-state index contributed by atoms with van der Waals surface area (Å²) in [5, 5.41) is 5.92. The van der Waals surface area contributed by atoms with Gasteiger partial charge in [0, 0.05) is 6.54 Å². The maximum Gasteiger partial charge on any atom is 0.242 e. The molecular formula is C13H20N2O2. The molecule has 1 unspecified atom stereocenters. The van der Waals surface area contributed by atoms with Gasteiger partial charge in [0.05, 0.1) is 12.3 Å². The van der Waals surface area contributed by atoms with Gasteiger partial charge in [-0.3, -0.25) is 4.79 Å². The Morgan fingerprint density at radius 3 is 2.71 bits per heavy atom. The fourth-order valence-corrected chi connectivity index (χ4v) is 1.49. The third kappa shape index (κ3) is 3.98. The number of benzene rings is 1. The van der Waals surface area contributed by atoms with Crippen LogP contribution in [-0.4, -0.2) is 25.1 Å². The van der Waals surface area contributed by atoms with Crippen molar-refractivity contribution in [3.63, 3.8) is 0 Å². The van der Waals surface area contributed by atoms with Gasteiger partial charge >= 0.3 is 0 Å². The lowest BCUT2D eigenvalue weighted by Gasteiger charge is -2.17. The number of para-hydroxylation sites is 2. The van der Waals surface area contributed by atoms with E-state index in [0.29, 0.717) is 13.2 Å². The summed E-state index contributed by atoms with van der Waals surface area (Å²) in [6.07, 6.45) is 0. The molecule has 0 spiro atoms. The van der Waals surface area contributed by atoms with Gasteiger partial charge in [-0.05, 0) is 32.9 Å². The first kappa shape index (κ1) is 13.4. The molecule has 0 aromatic heterocycles. The molecule has 4 heteroatoms. The number of hydrogen-bond acceptors (Lipinski definition) is 3. The molecule has 0 bridgehead atoms. The topological polar surface area (TPSA) is 50.4 Å². The van der Waals surface area contributed by atoms with Crippen molar-refractivity contribution in [3.8, 4) is 5.75 Å². The molecule has 0 aliphatic heterocycles. The highest BCUT2D eigenvalue weighted by molar-refractivity contribution is 5.84. The molecule has 0 saturated heterocycles. The summed E-state index contributed by atoms with van der Waals surface area (Å²) in [6, 6.07) is 7.33. The monoisotopic (exact) mass is 236 g/mol. The average Bonchev–Trinajstić information content (AvgIpc) is 2.32. The third-order valence-corrected chi connectivity index (χ3v) is 2.30. The van der Waals surface area contributed by atoms with Gasteiger partial charge in [0.1, 0.15) is 11.8 Å². The van der Waals surface area contributed by atoms with Crippen molar-refractivity contribution in [2.24, 2.45) is 0 Å². The zero-order chi connectivity index (χ0) is 12.7. The Balaban J connectivity index is 2.70. The fourth-order valence-electron chi connectivity index (χ4n) is 1.49. The molecule has 0 fully saturated rings. The van der Waals surface area contributed by atoms with Crippen molar-refractivity contribution in [1.29, 1.82) is 0 Å². The molecule has 0 heterocycles. The van der Waals surface area contributed by atoms with Gasteiger partial charge < -0.3 is 15.4 Å².